The monoisotopic (exact) mass is 218 g/mol. The van der Waals surface area contributed by atoms with Crippen LogP contribution in [0.15, 0.2) is 18.2 Å². The van der Waals surface area contributed by atoms with E-state index in [9.17, 15) is 0 Å². The minimum atomic E-state index is 0.911. The first kappa shape index (κ1) is 11.3. The maximum Gasteiger partial charge on any atom is 0.0387 e. The van der Waals surface area contributed by atoms with Crippen LogP contribution in [-0.2, 0) is 0 Å². The standard InChI is InChI=1S/C14H22N2/c1-3-8-16(10-12-5-6-12)13-7-4-11(2)14(15)9-13/h4,7,9,12H,3,5-6,8,10,15H2,1-2H3. The number of benzene rings is 1. The smallest absolute Gasteiger partial charge is 0.0387 e. The summed E-state index contributed by atoms with van der Waals surface area (Å²) in [6.07, 6.45) is 4.00. The Balaban J connectivity index is 2.12. The maximum atomic E-state index is 5.97. The molecule has 0 radical (unpaired) electrons. The Hall–Kier alpha value is -1.18. The van der Waals surface area contributed by atoms with Gasteiger partial charge in [0.25, 0.3) is 0 Å². The lowest BCUT2D eigenvalue weighted by Gasteiger charge is -2.25. The Kier molecular flexibility index (Phi) is 3.37. The Morgan fingerprint density at radius 2 is 2.12 bits per heavy atom. The van der Waals surface area contributed by atoms with Gasteiger partial charge >= 0.3 is 0 Å². The number of hydrogen-bond donors (Lipinski definition) is 1. The molecule has 0 bridgehead atoms. The molecule has 2 rings (SSSR count). The van der Waals surface area contributed by atoms with Crippen LogP contribution in [0.25, 0.3) is 0 Å². The second-order valence-electron chi connectivity index (χ2n) is 4.93. The largest absolute Gasteiger partial charge is 0.398 e. The molecule has 1 aromatic carbocycles. The van der Waals surface area contributed by atoms with Crippen molar-refractivity contribution in [3.8, 4) is 0 Å². The molecule has 0 amide bonds. The summed E-state index contributed by atoms with van der Waals surface area (Å²) in [7, 11) is 0. The molecule has 88 valence electrons. The van der Waals surface area contributed by atoms with Crippen molar-refractivity contribution in [2.24, 2.45) is 5.92 Å². The summed E-state index contributed by atoms with van der Waals surface area (Å²) < 4.78 is 0. The first-order valence-corrected chi connectivity index (χ1v) is 6.31. The van der Waals surface area contributed by atoms with Crippen LogP contribution in [0.3, 0.4) is 0 Å². The molecule has 1 aliphatic rings. The van der Waals surface area contributed by atoms with E-state index in [2.05, 4.69) is 36.9 Å². The Morgan fingerprint density at radius 3 is 2.69 bits per heavy atom. The van der Waals surface area contributed by atoms with Crippen molar-refractivity contribution in [3.63, 3.8) is 0 Å². The predicted molar refractivity (Wildman–Crippen MR) is 70.8 cm³/mol. The topological polar surface area (TPSA) is 29.3 Å². The summed E-state index contributed by atoms with van der Waals surface area (Å²) in [4.78, 5) is 2.48. The van der Waals surface area contributed by atoms with Gasteiger partial charge in [0, 0.05) is 24.5 Å². The Morgan fingerprint density at radius 1 is 1.38 bits per heavy atom. The van der Waals surface area contributed by atoms with Gasteiger partial charge in [-0.25, -0.2) is 0 Å². The summed E-state index contributed by atoms with van der Waals surface area (Å²) in [6.45, 7) is 6.64. The molecular weight excluding hydrogens is 196 g/mol. The summed E-state index contributed by atoms with van der Waals surface area (Å²) in [5, 5.41) is 0. The van der Waals surface area contributed by atoms with Crippen molar-refractivity contribution in [1.82, 2.24) is 0 Å². The van der Waals surface area contributed by atoms with Gasteiger partial charge in [-0.3, -0.25) is 0 Å². The van der Waals surface area contributed by atoms with E-state index in [4.69, 9.17) is 5.73 Å². The van der Waals surface area contributed by atoms with Crippen LogP contribution in [-0.4, -0.2) is 13.1 Å². The highest BCUT2D eigenvalue weighted by Gasteiger charge is 2.24. The fraction of sp³-hybridized carbons (Fsp3) is 0.571. The van der Waals surface area contributed by atoms with Crippen molar-refractivity contribution in [2.75, 3.05) is 23.7 Å². The SMILES string of the molecule is CCCN(CC1CC1)c1ccc(C)c(N)c1. The van der Waals surface area contributed by atoms with Gasteiger partial charge in [0.2, 0.25) is 0 Å². The van der Waals surface area contributed by atoms with Crippen LogP contribution in [0.5, 0.6) is 0 Å². The number of aryl methyl sites for hydroxylation is 1. The maximum absolute atomic E-state index is 5.97. The third kappa shape index (κ3) is 2.69. The fourth-order valence-electron chi connectivity index (χ4n) is 2.03. The van der Waals surface area contributed by atoms with E-state index in [1.54, 1.807) is 0 Å². The van der Waals surface area contributed by atoms with Gasteiger partial charge in [-0.1, -0.05) is 13.0 Å². The molecule has 0 atom stereocenters. The molecule has 1 aromatic rings. The molecule has 0 heterocycles. The van der Waals surface area contributed by atoms with E-state index in [1.807, 2.05) is 0 Å². The highest BCUT2D eigenvalue weighted by atomic mass is 15.1. The zero-order valence-corrected chi connectivity index (χ0v) is 10.4. The van der Waals surface area contributed by atoms with Crippen LogP contribution in [0.2, 0.25) is 0 Å². The number of nitrogen functional groups attached to an aromatic ring is 1. The van der Waals surface area contributed by atoms with E-state index >= 15 is 0 Å². The van der Waals surface area contributed by atoms with Gasteiger partial charge in [0.15, 0.2) is 0 Å². The summed E-state index contributed by atoms with van der Waals surface area (Å²) in [6, 6.07) is 6.44. The molecule has 2 heteroatoms. The quantitative estimate of drug-likeness (QED) is 0.769. The molecule has 1 fully saturated rings. The number of anilines is 2. The fourth-order valence-corrected chi connectivity index (χ4v) is 2.03. The van der Waals surface area contributed by atoms with Gasteiger partial charge in [-0.15, -0.1) is 0 Å². The minimum Gasteiger partial charge on any atom is -0.398 e. The molecule has 2 nitrogen and oxygen atoms in total. The average molecular weight is 218 g/mol. The van der Waals surface area contributed by atoms with Gasteiger partial charge in [-0.2, -0.15) is 0 Å². The van der Waals surface area contributed by atoms with Gasteiger partial charge in [0.05, 0.1) is 0 Å². The van der Waals surface area contributed by atoms with E-state index in [1.165, 1.54) is 37.1 Å². The van der Waals surface area contributed by atoms with Crippen LogP contribution in [0.1, 0.15) is 31.7 Å². The molecule has 1 aliphatic carbocycles. The second kappa shape index (κ2) is 4.77. The van der Waals surface area contributed by atoms with Crippen molar-refractivity contribution < 1.29 is 0 Å². The highest BCUT2D eigenvalue weighted by molar-refractivity contribution is 5.59. The van der Waals surface area contributed by atoms with Crippen LogP contribution >= 0.6 is 0 Å². The van der Waals surface area contributed by atoms with E-state index < -0.39 is 0 Å². The van der Waals surface area contributed by atoms with Crippen molar-refractivity contribution >= 4 is 11.4 Å². The zero-order chi connectivity index (χ0) is 11.5. The number of rotatable bonds is 5. The zero-order valence-electron chi connectivity index (χ0n) is 10.4. The molecule has 2 N–H and O–H groups in total. The molecular formula is C14H22N2. The van der Waals surface area contributed by atoms with Crippen molar-refractivity contribution in [2.45, 2.75) is 33.1 Å². The lowest BCUT2D eigenvalue weighted by molar-refractivity contribution is 0.708. The van der Waals surface area contributed by atoms with E-state index in [0.717, 1.165) is 18.2 Å². The van der Waals surface area contributed by atoms with E-state index in [0.29, 0.717) is 0 Å². The average Bonchev–Trinajstić information content (AvgIpc) is 3.05. The third-order valence-corrected chi connectivity index (χ3v) is 3.30. The predicted octanol–water partition coefficient (Wildman–Crippen LogP) is 3.20. The van der Waals surface area contributed by atoms with Crippen LogP contribution in [0, 0.1) is 12.8 Å². The Labute approximate surface area is 98.4 Å². The summed E-state index contributed by atoms with van der Waals surface area (Å²) in [5.41, 5.74) is 9.35. The van der Waals surface area contributed by atoms with Crippen molar-refractivity contribution in [3.05, 3.63) is 23.8 Å². The molecule has 0 aromatic heterocycles. The van der Waals surface area contributed by atoms with Crippen LogP contribution < -0.4 is 10.6 Å². The third-order valence-electron chi connectivity index (χ3n) is 3.30. The lowest BCUT2D eigenvalue weighted by atomic mass is 10.1. The number of nitrogens with zero attached hydrogens (tertiary/aromatic N) is 1. The highest BCUT2D eigenvalue weighted by Crippen LogP contribution is 2.32. The van der Waals surface area contributed by atoms with E-state index in [-0.39, 0.29) is 0 Å². The first-order valence-electron chi connectivity index (χ1n) is 6.31. The normalized spacial score (nSPS) is 15.1. The molecule has 16 heavy (non-hydrogen) atoms. The first-order chi connectivity index (χ1) is 7.70. The summed E-state index contributed by atoms with van der Waals surface area (Å²) in [5.74, 6) is 0.925. The van der Waals surface area contributed by atoms with Gasteiger partial charge < -0.3 is 10.6 Å². The lowest BCUT2D eigenvalue weighted by Crippen LogP contribution is -2.26. The summed E-state index contributed by atoms with van der Waals surface area (Å²) >= 11 is 0. The molecule has 0 unspecified atom stereocenters. The molecule has 0 spiro atoms. The second-order valence-corrected chi connectivity index (χ2v) is 4.93. The van der Waals surface area contributed by atoms with Crippen molar-refractivity contribution in [1.29, 1.82) is 0 Å². The van der Waals surface area contributed by atoms with Crippen LogP contribution in [0.4, 0.5) is 11.4 Å². The van der Waals surface area contributed by atoms with Gasteiger partial charge in [-0.05, 0) is 49.8 Å². The Bertz CT molecular complexity index is 356. The minimum absolute atomic E-state index is 0.911. The number of nitrogens with two attached hydrogens (primary N) is 1. The number of hydrogen-bond acceptors (Lipinski definition) is 2. The molecule has 0 aliphatic heterocycles. The molecule has 0 saturated heterocycles. The van der Waals surface area contributed by atoms with Gasteiger partial charge in [0.1, 0.15) is 0 Å². The molecule has 1 saturated carbocycles.